The molecule has 2 rings (SSSR count). The minimum Gasteiger partial charge on any atom is -0.389 e. The summed E-state index contributed by atoms with van der Waals surface area (Å²) in [4.78, 5) is 0. The molecule has 1 heteroatoms. The molecular formula is C20H38O. The van der Waals surface area contributed by atoms with E-state index in [-0.39, 0.29) is 5.60 Å². The van der Waals surface area contributed by atoms with E-state index in [1.54, 1.807) is 0 Å². The molecule has 21 heavy (non-hydrogen) atoms. The van der Waals surface area contributed by atoms with Crippen molar-refractivity contribution in [2.24, 2.45) is 17.8 Å². The van der Waals surface area contributed by atoms with E-state index >= 15 is 0 Å². The maximum absolute atomic E-state index is 12.0. The van der Waals surface area contributed by atoms with Crippen LogP contribution in [0.2, 0.25) is 0 Å². The van der Waals surface area contributed by atoms with Crippen LogP contribution in [0.4, 0.5) is 0 Å². The first-order valence-electron chi connectivity index (χ1n) is 9.95. The standard InChI is InChI=1S/C20H38O/c1-3-11-17(12-4-2)20(21,18-13-7-5-8-14-18)19-15-9-6-10-16-19/h17-19,21H,3-16H2,1-2H3. The third kappa shape index (κ3) is 4.03. The first-order chi connectivity index (χ1) is 10.2. The molecule has 0 amide bonds. The Morgan fingerprint density at radius 1 is 0.762 bits per heavy atom. The molecule has 0 radical (unpaired) electrons. The lowest BCUT2D eigenvalue weighted by Crippen LogP contribution is -2.52. The summed E-state index contributed by atoms with van der Waals surface area (Å²) in [5, 5.41) is 12.0. The summed E-state index contributed by atoms with van der Waals surface area (Å²) in [7, 11) is 0. The van der Waals surface area contributed by atoms with Gasteiger partial charge in [0.2, 0.25) is 0 Å². The second-order valence-corrected chi connectivity index (χ2v) is 7.83. The van der Waals surface area contributed by atoms with Gasteiger partial charge < -0.3 is 5.11 Å². The van der Waals surface area contributed by atoms with Gasteiger partial charge in [0.25, 0.3) is 0 Å². The highest BCUT2D eigenvalue weighted by molar-refractivity contribution is 4.99. The molecule has 0 saturated heterocycles. The van der Waals surface area contributed by atoms with E-state index in [0.717, 1.165) is 0 Å². The van der Waals surface area contributed by atoms with Crippen LogP contribution in [0.3, 0.4) is 0 Å². The second-order valence-electron chi connectivity index (χ2n) is 7.83. The van der Waals surface area contributed by atoms with Crippen LogP contribution < -0.4 is 0 Å². The molecule has 2 fully saturated rings. The first-order valence-corrected chi connectivity index (χ1v) is 9.95. The summed E-state index contributed by atoms with van der Waals surface area (Å²) in [5.41, 5.74) is -0.340. The SMILES string of the molecule is CCCC(CCC)C(O)(C1CCCCC1)C1CCCCC1. The van der Waals surface area contributed by atoms with Gasteiger partial charge in [-0.1, -0.05) is 65.2 Å². The summed E-state index contributed by atoms with van der Waals surface area (Å²) in [6.07, 6.45) is 18.3. The van der Waals surface area contributed by atoms with Crippen LogP contribution in [0.25, 0.3) is 0 Å². The maximum atomic E-state index is 12.0. The van der Waals surface area contributed by atoms with Crippen molar-refractivity contribution in [1.29, 1.82) is 0 Å². The quantitative estimate of drug-likeness (QED) is 0.602. The fourth-order valence-electron chi connectivity index (χ4n) is 5.43. The smallest absolute Gasteiger partial charge is 0.0731 e. The molecule has 0 heterocycles. The molecule has 0 unspecified atom stereocenters. The van der Waals surface area contributed by atoms with E-state index in [1.165, 1.54) is 89.9 Å². The molecule has 2 saturated carbocycles. The number of hydrogen-bond donors (Lipinski definition) is 1. The first kappa shape index (κ1) is 17.3. The molecule has 0 bridgehead atoms. The Morgan fingerprint density at radius 3 is 1.48 bits per heavy atom. The highest BCUT2D eigenvalue weighted by Crippen LogP contribution is 2.49. The zero-order chi connectivity index (χ0) is 15.1. The van der Waals surface area contributed by atoms with E-state index < -0.39 is 0 Å². The minimum absolute atomic E-state index is 0.340. The zero-order valence-electron chi connectivity index (χ0n) is 14.6. The molecule has 0 aromatic heterocycles. The van der Waals surface area contributed by atoms with Crippen molar-refractivity contribution in [1.82, 2.24) is 0 Å². The van der Waals surface area contributed by atoms with Crippen LogP contribution in [-0.2, 0) is 0 Å². The molecule has 1 N–H and O–H groups in total. The maximum Gasteiger partial charge on any atom is 0.0731 e. The predicted molar refractivity (Wildman–Crippen MR) is 91.4 cm³/mol. The lowest BCUT2D eigenvalue weighted by molar-refractivity contribution is -0.138. The van der Waals surface area contributed by atoms with Crippen molar-refractivity contribution >= 4 is 0 Å². The second kappa shape index (κ2) is 8.56. The Balaban J connectivity index is 2.20. The van der Waals surface area contributed by atoms with Crippen LogP contribution in [0.15, 0.2) is 0 Å². The van der Waals surface area contributed by atoms with Crippen molar-refractivity contribution in [2.75, 3.05) is 0 Å². The highest BCUT2D eigenvalue weighted by Gasteiger charge is 2.48. The van der Waals surface area contributed by atoms with Crippen molar-refractivity contribution in [3.05, 3.63) is 0 Å². The Bertz CT molecular complexity index is 250. The molecule has 0 aliphatic heterocycles. The third-order valence-electron chi connectivity index (χ3n) is 6.45. The molecule has 0 aromatic carbocycles. The Kier molecular flexibility index (Phi) is 7.05. The highest BCUT2D eigenvalue weighted by atomic mass is 16.3. The monoisotopic (exact) mass is 294 g/mol. The van der Waals surface area contributed by atoms with Crippen molar-refractivity contribution in [3.8, 4) is 0 Å². The lowest BCUT2D eigenvalue weighted by Gasteiger charge is -2.50. The normalized spacial score (nSPS) is 22.9. The fraction of sp³-hybridized carbons (Fsp3) is 1.00. The molecule has 2 aliphatic carbocycles. The molecule has 2 aliphatic rings. The fourth-order valence-corrected chi connectivity index (χ4v) is 5.43. The van der Waals surface area contributed by atoms with Crippen molar-refractivity contribution < 1.29 is 5.11 Å². The summed E-state index contributed by atoms with van der Waals surface area (Å²) in [5.74, 6) is 1.74. The zero-order valence-corrected chi connectivity index (χ0v) is 14.6. The van der Waals surface area contributed by atoms with E-state index in [4.69, 9.17) is 0 Å². The number of hydrogen-bond acceptors (Lipinski definition) is 1. The molecular weight excluding hydrogens is 256 g/mol. The Hall–Kier alpha value is -0.0400. The van der Waals surface area contributed by atoms with Gasteiger partial charge in [-0.25, -0.2) is 0 Å². The Morgan fingerprint density at radius 2 is 1.14 bits per heavy atom. The third-order valence-corrected chi connectivity index (χ3v) is 6.45. The predicted octanol–water partition coefficient (Wildman–Crippen LogP) is 6.09. The van der Waals surface area contributed by atoms with E-state index in [2.05, 4.69) is 13.8 Å². The summed E-state index contributed by atoms with van der Waals surface area (Å²) in [6, 6.07) is 0. The van der Waals surface area contributed by atoms with Crippen molar-refractivity contribution in [2.45, 2.75) is 109 Å². The van der Waals surface area contributed by atoms with E-state index in [1.807, 2.05) is 0 Å². The van der Waals surface area contributed by atoms with Gasteiger partial charge >= 0.3 is 0 Å². The van der Waals surface area contributed by atoms with Crippen LogP contribution in [0.1, 0.15) is 104 Å². The summed E-state index contributed by atoms with van der Waals surface area (Å²) < 4.78 is 0. The van der Waals surface area contributed by atoms with Gasteiger partial charge in [0.05, 0.1) is 5.60 Å². The van der Waals surface area contributed by atoms with Gasteiger partial charge in [0, 0.05) is 0 Å². The van der Waals surface area contributed by atoms with Gasteiger partial charge in [-0.15, -0.1) is 0 Å². The van der Waals surface area contributed by atoms with Crippen LogP contribution in [0.5, 0.6) is 0 Å². The van der Waals surface area contributed by atoms with Crippen LogP contribution in [-0.4, -0.2) is 10.7 Å². The molecule has 1 nitrogen and oxygen atoms in total. The van der Waals surface area contributed by atoms with E-state index in [9.17, 15) is 5.11 Å². The Labute approximate surface area is 132 Å². The molecule has 124 valence electrons. The molecule has 0 spiro atoms. The topological polar surface area (TPSA) is 20.2 Å². The lowest BCUT2D eigenvalue weighted by atomic mass is 9.59. The summed E-state index contributed by atoms with van der Waals surface area (Å²) in [6.45, 7) is 4.59. The van der Waals surface area contributed by atoms with Gasteiger partial charge in [0.1, 0.15) is 0 Å². The average molecular weight is 295 g/mol. The van der Waals surface area contributed by atoms with Crippen LogP contribution in [0, 0.1) is 17.8 Å². The number of rotatable bonds is 7. The van der Waals surface area contributed by atoms with Gasteiger partial charge in [-0.05, 0) is 56.3 Å². The van der Waals surface area contributed by atoms with Crippen molar-refractivity contribution in [3.63, 3.8) is 0 Å². The van der Waals surface area contributed by atoms with Crippen LogP contribution >= 0.6 is 0 Å². The largest absolute Gasteiger partial charge is 0.389 e. The average Bonchev–Trinajstić information content (AvgIpc) is 2.55. The van der Waals surface area contributed by atoms with Gasteiger partial charge in [-0.3, -0.25) is 0 Å². The minimum atomic E-state index is -0.340. The molecule has 0 aromatic rings. The van der Waals surface area contributed by atoms with Gasteiger partial charge in [0.15, 0.2) is 0 Å². The molecule has 0 atom stereocenters. The number of aliphatic hydroxyl groups is 1. The van der Waals surface area contributed by atoms with Gasteiger partial charge in [-0.2, -0.15) is 0 Å². The van der Waals surface area contributed by atoms with E-state index in [0.29, 0.717) is 17.8 Å². The summed E-state index contributed by atoms with van der Waals surface area (Å²) >= 11 is 0.